The van der Waals surface area contributed by atoms with Crippen molar-refractivity contribution in [2.45, 2.75) is 64.3 Å². The summed E-state index contributed by atoms with van der Waals surface area (Å²) in [6.07, 6.45) is 10.6. The molecule has 1 saturated carbocycles. The molecular formula is C18H27Cl2N. The minimum Gasteiger partial charge on any atom is -0.314 e. The number of halogens is 2. The summed E-state index contributed by atoms with van der Waals surface area (Å²) in [5.41, 5.74) is 1.18. The van der Waals surface area contributed by atoms with Gasteiger partial charge in [0, 0.05) is 6.04 Å². The van der Waals surface area contributed by atoms with E-state index in [0.29, 0.717) is 11.1 Å². The minimum absolute atomic E-state index is 0.518. The van der Waals surface area contributed by atoms with Gasteiger partial charge in [-0.1, -0.05) is 74.4 Å². The zero-order valence-electron chi connectivity index (χ0n) is 13.0. The van der Waals surface area contributed by atoms with E-state index in [2.05, 4.69) is 18.3 Å². The molecule has 1 unspecified atom stereocenters. The molecule has 1 nitrogen and oxygen atoms in total. The summed E-state index contributed by atoms with van der Waals surface area (Å²) in [5, 5.41) is 5.09. The molecule has 0 saturated heterocycles. The van der Waals surface area contributed by atoms with Crippen molar-refractivity contribution >= 4 is 23.2 Å². The second kappa shape index (κ2) is 9.02. The number of hydrogen-bond donors (Lipinski definition) is 1. The van der Waals surface area contributed by atoms with E-state index in [9.17, 15) is 0 Å². The maximum Gasteiger partial charge on any atom is 0.0624 e. The fourth-order valence-corrected chi connectivity index (χ4v) is 3.90. The number of hydrogen-bond acceptors (Lipinski definition) is 1. The fourth-order valence-electron chi connectivity index (χ4n) is 3.50. The van der Waals surface area contributed by atoms with Gasteiger partial charge in [-0.2, -0.15) is 0 Å². The van der Waals surface area contributed by atoms with Gasteiger partial charge in [-0.25, -0.2) is 0 Å². The van der Waals surface area contributed by atoms with Gasteiger partial charge in [0.25, 0.3) is 0 Å². The Labute approximate surface area is 139 Å². The van der Waals surface area contributed by atoms with Gasteiger partial charge in [0.05, 0.1) is 10.0 Å². The predicted molar refractivity (Wildman–Crippen MR) is 93.4 cm³/mol. The molecule has 1 aromatic rings. The fraction of sp³-hybridized carbons (Fsp3) is 0.667. The Kier molecular flexibility index (Phi) is 7.36. The second-order valence-electron chi connectivity index (χ2n) is 6.19. The lowest BCUT2D eigenvalue weighted by Gasteiger charge is -2.30. The number of nitrogens with one attached hydrogen (secondary N) is 1. The zero-order valence-corrected chi connectivity index (χ0v) is 14.5. The summed E-state index contributed by atoms with van der Waals surface area (Å²) >= 11 is 12.5. The van der Waals surface area contributed by atoms with Crippen LogP contribution in [0, 0.1) is 5.92 Å². The van der Waals surface area contributed by atoms with Crippen molar-refractivity contribution in [1.82, 2.24) is 5.32 Å². The zero-order chi connectivity index (χ0) is 15.1. The SMILES string of the molecule is CCNC(Cc1cccc(Cl)c1Cl)C1CCCCCCC1. The van der Waals surface area contributed by atoms with Crippen molar-refractivity contribution in [3.63, 3.8) is 0 Å². The highest BCUT2D eigenvalue weighted by Gasteiger charge is 2.22. The average molecular weight is 328 g/mol. The van der Waals surface area contributed by atoms with Crippen LogP contribution >= 0.6 is 23.2 Å². The van der Waals surface area contributed by atoms with E-state index in [0.717, 1.165) is 23.9 Å². The van der Waals surface area contributed by atoms with Crippen molar-refractivity contribution < 1.29 is 0 Å². The highest BCUT2D eigenvalue weighted by molar-refractivity contribution is 6.42. The third-order valence-electron chi connectivity index (χ3n) is 4.66. The third kappa shape index (κ3) is 5.16. The summed E-state index contributed by atoms with van der Waals surface area (Å²) in [4.78, 5) is 0. The van der Waals surface area contributed by atoms with Crippen LogP contribution in [0.25, 0.3) is 0 Å². The lowest BCUT2D eigenvalue weighted by Crippen LogP contribution is -2.38. The van der Waals surface area contributed by atoms with Gasteiger partial charge >= 0.3 is 0 Å². The van der Waals surface area contributed by atoms with E-state index in [-0.39, 0.29) is 0 Å². The van der Waals surface area contributed by atoms with Gasteiger partial charge < -0.3 is 5.32 Å². The standard InChI is InChI=1S/C18H27Cl2N/c1-2-21-17(14-9-6-4-3-5-7-10-14)13-15-11-8-12-16(19)18(15)20/h8,11-12,14,17,21H,2-7,9-10,13H2,1H3. The molecule has 0 amide bonds. The molecule has 0 aliphatic heterocycles. The summed E-state index contributed by atoms with van der Waals surface area (Å²) in [5.74, 6) is 0.764. The van der Waals surface area contributed by atoms with Crippen LogP contribution in [0.2, 0.25) is 10.0 Å². The van der Waals surface area contributed by atoms with Crippen LogP contribution in [0.4, 0.5) is 0 Å². The van der Waals surface area contributed by atoms with Crippen LogP contribution in [0.1, 0.15) is 57.4 Å². The van der Waals surface area contributed by atoms with Gasteiger partial charge in [-0.3, -0.25) is 0 Å². The van der Waals surface area contributed by atoms with Gasteiger partial charge in [-0.05, 0) is 43.4 Å². The molecule has 118 valence electrons. The summed E-state index contributed by atoms with van der Waals surface area (Å²) in [6.45, 7) is 3.20. The Balaban J connectivity index is 2.08. The first-order valence-electron chi connectivity index (χ1n) is 8.38. The number of benzene rings is 1. The Hall–Kier alpha value is -0.240. The molecule has 2 rings (SSSR count). The number of likely N-dealkylation sites (N-methyl/N-ethyl adjacent to an activating group) is 1. The van der Waals surface area contributed by atoms with E-state index < -0.39 is 0 Å². The summed E-state index contributed by atoms with van der Waals surface area (Å²) < 4.78 is 0. The first-order valence-corrected chi connectivity index (χ1v) is 9.14. The Morgan fingerprint density at radius 2 is 1.76 bits per heavy atom. The smallest absolute Gasteiger partial charge is 0.0624 e. The molecule has 1 N–H and O–H groups in total. The summed E-state index contributed by atoms with van der Waals surface area (Å²) in [6, 6.07) is 6.50. The topological polar surface area (TPSA) is 12.0 Å². The van der Waals surface area contributed by atoms with E-state index >= 15 is 0 Å². The lowest BCUT2D eigenvalue weighted by molar-refractivity contribution is 0.286. The maximum absolute atomic E-state index is 6.38. The monoisotopic (exact) mass is 327 g/mol. The van der Waals surface area contributed by atoms with Crippen LogP contribution in [0.5, 0.6) is 0 Å². The minimum atomic E-state index is 0.518. The molecule has 0 bridgehead atoms. The molecule has 1 aliphatic rings. The van der Waals surface area contributed by atoms with Crippen LogP contribution in [0.3, 0.4) is 0 Å². The highest BCUT2D eigenvalue weighted by Crippen LogP contribution is 2.30. The van der Waals surface area contributed by atoms with Crippen molar-refractivity contribution in [2.24, 2.45) is 5.92 Å². The molecule has 1 atom stereocenters. The molecule has 3 heteroatoms. The second-order valence-corrected chi connectivity index (χ2v) is 6.97. The van der Waals surface area contributed by atoms with Crippen LogP contribution in [-0.2, 0) is 6.42 Å². The van der Waals surface area contributed by atoms with Crippen molar-refractivity contribution in [3.8, 4) is 0 Å². The normalized spacial score (nSPS) is 19.0. The van der Waals surface area contributed by atoms with Crippen molar-refractivity contribution in [3.05, 3.63) is 33.8 Å². The van der Waals surface area contributed by atoms with E-state index in [1.165, 1.54) is 50.5 Å². The molecule has 0 radical (unpaired) electrons. The van der Waals surface area contributed by atoms with Crippen LogP contribution in [-0.4, -0.2) is 12.6 Å². The molecule has 0 spiro atoms. The Bertz CT molecular complexity index is 425. The lowest BCUT2D eigenvalue weighted by atomic mass is 9.83. The Morgan fingerprint density at radius 1 is 1.10 bits per heavy atom. The van der Waals surface area contributed by atoms with Crippen molar-refractivity contribution in [2.75, 3.05) is 6.54 Å². The summed E-state index contributed by atoms with van der Waals surface area (Å²) in [7, 11) is 0. The average Bonchev–Trinajstić information content (AvgIpc) is 2.43. The quantitative estimate of drug-likeness (QED) is 0.712. The van der Waals surface area contributed by atoms with Crippen LogP contribution < -0.4 is 5.32 Å². The molecule has 0 aromatic heterocycles. The van der Waals surface area contributed by atoms with Crippen LogP contribution in [0.15, 0.2) is 18.2 Å². The van der Waals surface area contributed by atoms with Gasteiger partial charge in [0.2, 0.25) is 0 Å². The Morgan fingerprint density at radius 3 is 2.43 bits per heavy atom. The largest absolute Gasteiger partial charge is 0.314 e. The molecule has 1 aliphatic carbocycles. The third-order valence-corrected chi connectivity index (χ3v) is 5.51. The number of rotatable bonds is 5. The maximum atomic E-state index is 6.38. The van der Waals surface area contributed by atoms with Gasteiger partial charge in [0.1, 0.15) is 0 Å². The molecule has 21 heavy (non-hydrogen) atoms. The van der Waals surface area contributed by atoms with E-state index in [1.807, 2.05) is 12.1 Å². The molecule has 0 heterocycles. The highest BCUT2D eigenvalue weighted by atomic mass is 35.5. The van der Waals surface area contributed by atoms with Gasteiger partial charge in [-0.15, -0.1) is 0 Å². The molecule has 1 fully saturated rings. The van der Waals surface area contributed by atoms with Gasteiger partial charge in [0.15, 0.2) is 0 Å². The molecule has 1 aromatic carbocycles. The van der Waals surface area contributed by atoms with Crippen molar-refractivity contribution in [1.29, 1.82) is 0 Å². The molecular weight excluding hydrogens is 301 g/mol. The first-order chi connectivity index (χ1) is 10.2. The van der Waals surface area contributed by atoms with E-state index in [1.54, 1.807) is 0 Å². The predicted octanol–water partition coefficient (Wildman–Crippen LogP) is 5.87. The van der Waals surface area contributed by atoms with E-state index in [4.69, 9.17) is 23.2 Å². The first kappa shape index (κ1) is 17.1.